The molecule has 1 aromatic rings. The molecule has 1 aliphatic carbocycles. The second-order valence-corrected chi connectivity index (χ2v) is 10.0. The van der Waals surface area contributed by atoms with Crippen molar-refractivity contribution in [1.82, 2.24) is 0 Å². The number of hydrogen-bond acceptors (Lipinski definition) is 1. The lowest BCUT2D eigenvalue weighted by atomic mass is 9.65. The zero-order chi connectivity index (χ0) is 18.1. The van der Waals surface area contributed by atoms with Crippen molar-refractivity contribution in [2.24, 2.45) is 17.8 Å². The molecule has 4 atom stereocenters. The molecule has 0 heterocycles. The fraction of sp³-hybridized carbons (Fsp3) is 0.739. The maximum atomic E-state index is 10.1. The van der Waals surface area contributed by atoms with Crippen LogP contribution in [0.25, 0.3) is 0 Å². The van der Waals surface area contributed by atoms with E-state index in [2.05, 4.69) is 58.9 Å². The van der Waals surface area contributed by atoms with Crippen LogP contribution in [-0.4, -0.2) is 10.7 Å². The minimum atomic E-state index is -0.549. The predicted octanol–water partition coefficient (Wildman–Crippen LogP) is 6.30. The highest BCUT2D eigenvalue weighted by Crippen LogP contribution is 2.46. The molecule has 0 aromatic heterocycles. The van der Waals surface area contributed by atoms with E-state index in [4.69, 9.17) is 0 Å². The first kappa shape index (κ1) is 19.5. The van der Waals surface area contributed by atoms with Crippen molar-refractivity contribution in [2.75, 3.05) is 0 Å². The Bertz CT molecular complexity index is 514. The molecule has 1 aliphatic rings. The van der Waals surface area contributed by atoms with Crippen LogP contribution in [0.1, 0.15) is 91.2 Å². The molecule has 136 valence electrons. The van der Waals surface area contributed by atoms with E-state index in [1.165, 1.54) is 24.0 Å². The van der Waals surface area contributed by atoms with Gasteiger partial charge in [-0.3, -0.25) is 0 Å². The van der Waals surface area contributed by atoms with E-state index >= 15 is 0 Å². The molecule has 1 N–H and O–H groups in total. The highest BCUT2D eigenvalue weighted by atomic mass is 16.3. The first-order valence-corrected chi connectivity index (χ1v) is 9.80. The Morgan fingerprint density at radius 2 is 1.46 bits per heavy atom. The Kier molecular flexibility index (Phi) is 5.85. The van der Waals surface area contributed by atoms with Gasteiger partial charge >= 0.3 is 0 Å². The molecule has 4 unspecified atom stereocenters. The van der Waals surface area contributed by atoms with Crippen LogP contribution in [-0.2, 0) is 5.41 Å². The fourth-order valence-corrected chi connectivity index (χ4v) is 4.20. The highest BCUT2D eigenvalue weighted by molar-refractivity contribution is 5.30. The standard InChI is InChI=1S/C23H38O/c1-16-14-19(12-13-23(6,7)24)21(15-17(16)2)18-8-10-20(11-9-18)22(3,4)5/h8-11,16-17,19,21,24H,12-15H2,1-7H3. The van der Waals surface area contributed by atoms with Gasteiger partial charge in [0.25, 0.3) is 0 Å². The summed E-state index contributed by atoms with van der Waals surface area (Å²) in [5.41, 5.74) is 2.58. The molecule has 1 saturated carbocycles. The van der Waals surface area contributed by atoms with E-state index in [9.17, 15) is 5.11 Å². The molecule has 1 aromatic carbocycles. The van der Waals surface area contributed by atoms with Crippen LogP contribution in [0.2, 0.25) is 0 Å². The number of benzene rings is 1. The van der Waals surface area contributed by atoms with E-state index in [-0.39, 0.29) is 5.41 Å². The van der Waals surface area contributed by atoms with Gasteiger partial charge < -0.3 is 5.11 Å². The van der Waals surface area contributed by atoms with Gasteiger partial charge in [0, 0.05) is 0 Å². The lowest BCUT2D eigenvalue weighted by molar-refractivity contribution is 0.0540. The normalized spacial score (nSPS) is 28.8. The first-order chi connectivity index (χ1) is 11.0. The molecule has 0 aliphatic heterocycles. The third-order valence-electron chi connectivity index (χ3n) is 6.17. The van der Waals surface area contributed by atoms with Crippen LogP contribution in [0, 0.1) is 17.8 Å². The molecule has 1 fully saturated rings. The highest BCUT2D eigenvalue weighted by Gasteiger charge is 2.34. The van der Waals surface area contributed by atoms with Crippen molar-refractivity contribution in [3.63, 3.8) is 0 Å². The molecule has 0 bridgehead atoms. The Morgan fingerprint density at radius 3 is 1.96 bits per heavy atom. The van der Waals surface area contributed by atoms with E-state index < -0.39 is 5.60 Å². The van der Waals surface area contributed by atoms with Crippen LogP contribution in [0.4, 0.5) is 0 Å². The van der Waals surface area contributed by atoms with Crippen molar-refractivity contribution < 1.29 is 5.11 Å². The predicted molar refractivity (Wildman–Crippen MR) is 104 cm³/mol. The van der Waals surface area contributed by atoms with E-state index in [1.54, 1.807) is 0 Å². The van der Waals surface area contributed by atoms with Crippen molar-refractivity contribution in [3.8, 4) is 0 Å². The van der Waals surface area contributed by atoms with Crippen molar-refractivity contribution in [2.45, 2.75) is 91.1 Å². The van der Waals surface area contributed by atoms with Gasteiger partial charge in [-0.2, -0.15) is 0 Å². The molecule has 1 nitrogen and oxygen atoms in total. The molecule has 0 amide bonds. The Morgan fingerprint density at radius 1 is 0.917 bits per heavy atom. The molecular weight excluding hydrogens is 292 g/mol. The molecule has 0 spiro atoms. The fourth-order valence-electron chi connectivity index (χ4n) is 4.20. The second-order valence-electron chi connectivity index (χ2n) is 10.0. The average molecular weight is 331 g/mol. The molecular formula is C23H38O. The summed E-state index contributed by atoms with van der Waals surface area (Å²) < 4.78 is 0. The average Bonchev–Trinajstić information content (AvgIpc) is 2.46. The lowest BCUT2D eigenvalue weighted by Gasteiger charge is -2.40. The maximum absolute atomic E-state index is 10.1. The summed E-state index contributed by atoms with van der Waals surface area (Å²) in [5, 5.41) is 10.1. The summed E-state index contributed by atoms with van der Waals surface area (Å²) in [6.45, 7) is 15.5. The SMILES string of the molecule is CC1CC(CCC(C)(C)O)C(c2ccc(C(C)(C)C)cc2)CC1C. The minimum absolute atomic E-state index is 0.215. The van der Waals surface area contributed by atoms with Gasteiger partial charge in [-0.25, -0.2) is 0 Å². The zero-order valence-electron chi connectivity index (χ0n) is 16.9. The van der Waals surface area contributed by atoms with Crippen molar-refractivity contribution >= 4 is 0 Å². The van der Waals surface area contributed by atoms with E-state index in [0.717, 1.165) is 24.7 Å². The van der Waals surface area contributed by atoms with Gasteiger partial charge in [0.05, 0.1) is 5.60 Å². The van der Waals surface area contributed by atoms with Gasteiger partial charge in [0.1, 0.15) is 0 Å². The van der Waals surface area contributed by atoms with Crippen LogP contribution >= 0.6 is 0 Å². The summed E-state index contributed by atoms with van der Waals surface area (Å²) in [6, 6.07) is 9.38. The Hall–Kier alpha value is -0.820. The van der Waals surface area contributed by atoms with Crippen LogP contribution < -0.4 is 0 Å². The maximum Gasteiger partial charge on any atom is 0.0591 e. The molecule has 0 radical (unpaired) electrons. The van der Waals surface area contributed by atoms with Crippen LogP contribution in [0.5, 0.6) is 0 Å². The van der Waals surface area contributed by atoms with Gasteiger partial charge in [-0.05, 0) is 79.7 Å². The first-order valence-electron chi connectivity index (χ1n) is 9.80. The third kappa shape index (κ3) is 5.09. The monoisotopic (exact) mass is 330 g/mol. The van der Waals surface area contributed by atoms with E-state index in [1.807, 2.05) is 13.8 Å². The largest absolute Gasteiger partial charge is 0.390 e. The molecule has 1 heteroatoms. The number of rotatable bonds is 4. The minimum Gasteiger partial charge on any atom is -0.390 e. The number of hydrogen-bond donors (Lipinski definition) is 1. The molecule has 0 saturated heterocycles. The molecule has 24 heavy (non-hydrogen) atoms. The summed E-state index contributed by atoms with van der Waals surface area (Å²) in [6.07, 6.45) is 4.61. The lowest BCUT2D eigenvalue weighted by Crippen LogP contribution is -2.30. The topological polar surface area (TPSA) is 20.2 Å². The quantitative estimate of drug-likeness (QED) is 0.686. The van der Waals surface area contributed by atoms with Crippen molar-refractivity contribution in [1.29, 1.82) is 0 Å². The molecule has 2 rings (SSSR count). The summed E-state index contributed by atoms with van der Waals surface area (Å²) in [5.74, 6) is 2.92. The Balaban J connectivity index is 2.19. The summed E-state index contributed by atoms with van der Waals surface area (Å²) in [4.78, 5) is 0. The van der Waals surface area contributed by atoms with Gasteiger partial charge in [-0.1, -0.05) is 58.9 Å². The van der Waals surface area contributed by atoms with Crippen molar-refractivity contribution in [3.05, 3.63) is 35.4 Å². The number of aliphatic hydroxyl groups is 1. The van der Waals surface area contributed by atoms with E-state index in [0.29, 0.717) is 11.8 Å². The van der Waals surface area contributed by atoms with Crippen LogP contribution in [0.3, 0.4) is 0 Å². The smallest absolute Gasteiger partial charge is 0.0591 e. The van der Waals surface area contributed by atoms with Gasteiger partial charge in [-0.15, -0.1) is 0 Å². The third-order valence-corrected chi connectivity index (χ3v) is 6.17. The Labute approximate surface area is 149 Å². The van der Waals surface area contributed by atoms with Gasteiger partial charge in [0.2, 0.25) is 0 Å². The zero-order valence-corrected chi connectivity index (χ0v) is 16.9. The second kappa shape index (κ2) is 7.20. The summed E-state index contributed by atoms with van der Waals surface area (Å²) in [7, 11) is 0. The van der Waals surface area contributed by atoms with Crippen LogP contribution in [0.15, 0.2) is 24.3 Å². The van der Waals surface area contributed by atoms with Gasteiger partial charge in [0.15, 0.2) is 0 Å². The summed E-state index contributed by atoms with van der Waals surface area (Å²) >= 11 is 0.